The van der Waals surface area contributed by atoms with Crippen LogP contribution in [0.2, 0.25) is 0 Å². The van der Waals surface area contributed by atoms with Gasteiger partial charge in [0.25, 0.3) is 0 Å². The summed E-state index contributed by atoms with van der Waals surface area (Å²) in [6.07, 6.45) is -0.388. The van der Waals surface area contributed by atoms with Crippen LogP contribution in [0.3, 0.4) is 0 Å². The third-order valence-corrected chi connectivity index (χ3v) is 4.71. The Bertz CT molecular complexity index is 717. The Kier molecular flexibility index (Phi) is 3.95. The zero-order chi connectivity index (χ0) is 17.7. The van der Waals surface area contributed by atoms with Crippen molar-refractivity contribution in [2.75, 3.05) is 0 Å². The highest BCUT2D eigenvalue weighted by Crippen LogP contribution is 2.55. The van der Waals surface area contributed by atoms with Gasteiger partial charge in [0.2, 0.25) is 0 Å². The van der Waals surface area contributed by atoms with Crippen molar-refractivity contribution in [2.24, 2.45) is 0 Å². The van der Waals surface area contributed by atoms with Gasteiger partial charge in [-0.2, -0.15) is 17.6 Å². The van der Waals surface area contributed by atoms with Crippen molar-refractivity contribution >= 4 is 0 Å². The Morgan fingerprint density at radius 1 is 0.792 bits per heavy atom. The van der Waals surface area contributed by atoms with Gasteiger partial charge in [-0.15, -0.1) is 0 Å². The molecule has 0 radical (unpaired) electrons. The fourth-order valence-corrected chi connectivity index (χ4v) is 3.19. The third-order valence-electron chi connectivity index (χ3n) is 4.71. The van der Waals surface area contributed by atoms with Crippen molar-refractivity contribution in [3.63, 3.8) is 0 Å². The second-order valence-electron chi connectivity index (χ2n) is 6.10. The molecule has 0 saturated heterocycles. The van der Waals surface area contributed by atoms with Gasteiger partial charge in [0, 0.05) is 11.1 Å². The smallest absolute Gasteiger partial charge is 0.340 e. The lowest BCUT2D eigenvalue weighted by atomic mass is 9.93. The van der Waals surface area contributed by atoms with Crippen molar-refractivity contribution in [1.82, 2.24) is 0 Å². The molecule has 0 atom stereocenters. The summed E-state index contributed by atoms with van der Waals surface area (Å²) >= 11 is 0. The first kappa shape index (κ1) is 17.0. The van der Waals surface area contributed by atoms with Gasteiger partial charge in [0.1, 0.15) is 6.10 Å². The van der Waals surface area contributed by atoms with Gasteiger partial charge < -0.3 is 5.11 Å². The lowest BCUT2D eigenvalue weighted by molar-refractivity contribution is -0.223. The molecule has 0 aromatic heterocycles. The molecule has 0 bridgehead atoms. The Labute approximate surface area is 137 Å². The Hall–Kier alpha value is -1.88. The summed E-state index contributed by atoms with van der Waals surface area (Å²) in [6, 6.07) is 7.64. The molecule has 0 saturated carbocycles. The summed E-state index contributed by atoms with van der Waals surface area (Å²) in [5.41, 5.74) is -0.501. The maximum atomic E-state index is 14.6. The second kappa shape index (κ2) is 5.59. The highest BCUT2D eigenvalue weighted by molar-refractivity contribution is 5.50. The van der Waals surface area contributed by atoms with Gasteiger partial charge in [0.05, 0.1) is 0 Å². The number of fused-ring (bicyclic) bond motifs is 2. The van der Waals surface area contributed by atoms with Crippen LogP contribution in [0.5, 0.6) is 0 Å². The molecule has 2 aromatic rings. The first-order valence-corrected chi connectivity index (χ1v) is 7.94. The maximum absolute atomic E-state index is 14.6. The van der Waals surface area contributed by atoms with Crippen LogP contribution in [-0.2, 0) is 24.7 Å². The highest BCUT2D eigenvalue weighted by Gasteiger charge is 2.62. The zero-order valence-electron chi connectivity index (χ0n) is 13.4. The molecular weight excluding hydrogens is 320 g/mol. The fraction of sp³-hybridized carbons (Fsp3) is 0.368. The average molecular weight is 338 g/mol. The predicted octanol–water partition coefficient (Wildman–Crippen LogP) is 5.09. The molecule has 0 heterocycles. The van der Waals surface area contributed by atoms with Crippen LogP contribution in [0, 0.1) is 0 Å². The van der Waals surface area contributed by atoms with Crippen LogP contribution < -0.4 is 0 Å². The molecule has 24 heavy (non-hydrogen) atoms. The largest absolute Gasteiger partial charge is 0.384 e. The number of rotatable bonds is 2. The minimum Gasteiger partial charge on any atom is -0.384 e. The van der Waals surface area contributed by atoms with E-state index in [1.54, 1.807) is 0 Å². The summed E-state index contributed by atoms with van der Waals surface area (Å²) in [6.45, 7) is 3.67. The molecule has 2 aromatic carbocycles. The van der Waals surface area contributed by atoms with Gasteiger partial charge in [0.15, 0.2) is 0 Å². The molecule has 1 aliphatic rings. The van der Waals surface area contributed by atoms with Crippen LogP contribution in [0.15, 0.2) is 36.4 Å². The van der Waals surface area contributed by atoms with Crippen molar-refractivity contribution < 1.29 is 22.7 Å². The van der Waals surface area contributed by atoms with Crippen molar-refractivity contribution in [1.29, 1.82) is 0 Å². The standard InChI is InChI=1S/C19H18F4O/c1-3-11-5-7-15-13(9-11)17(24)14-10-12(4-2)6-8-16(14)19(22,23)18(15,20)21/h5-10,17,24H,3-4H2,1-2H3. The molecule has 128 valence electrons. The van der Waals surface area contributed by atoms with E-state index < -0.39 is 29.1 Å². The van der Waals surface area contributed by atoms with Crippen molar-refractivity contribution in [3.05, 3.63) is 69.8 Å². The molecule has 0 spiro atoms. The van der Waals surface area contributed by atoms with E-state index in [0.717, 1.165) is 12.1 Å². The molecule has 1 nitrogen and oxygen atoms in total. The highest BCUT2D eigenvalue weighted by atomic mass is 19.3. The Morgan fingerprint density at radius 2 is 1.17 bits per heavy atom. The molecular formula is C19H18F4O. The van der Waals surface area contributed by atoms with Gasteiger partial charge in [-0.25, -0.2) is 0 Å². The third kappa shape index (κ3) is 2.25. The molecule has 1 aliphatic carbocycles. The summed E-state index contributed by atoms with van der Waals surface area (Å²) in [5, 5.41) is 10.6. The van der Waals surface area contributed by atoms with Crippen LogP contribution in [0.1, 0.15) is 53.3 Å². The number of aliphatic hydroxyl groups is 1. The minimum atomic E-state index is -4.39. The monoisotopic (exact) mass is 338 g/mol. The van der Waals surface area contributed by atoms with E-state index in [-0.39, 0.29) is 11.1 Å². The van der Waals surface area contributed by atoms with Crippen LogP contribution in [0.25, 0.3) is 0 Å². The lowest BCUT2D eigenvalue weighted by Gasteiger charge is -2.27. The van der Waals surface area contributed by atoms with E-state index in [1.165, 1.54) is 24.3 Å². The summed E-state index contributed by atoms with van der Waals surface area (Å²) < 4.78 is 58.6. The predicted molar refractivity (Wildman–Crippen MR) is 83.5 cm³/mol. The number of aryl methyl sites for hydroxylation is 2. The SMILES string of the molecule is CCc1ccc2c(c1)C(O)c1cc(CC)ccc1C(F)(F)C2(F)F. The van der Waals surface area contributed by atoms with Gasteiger partial charge >= 0.3 is 11.8 Å². The van der Waals surface area contributed by atoms with Crippen LogP contribution in [0.4, 0.5) is 17.6 Å². The van der Waals surface area contributed by atoms with E-state index in [0.29, 0.717) is 24.0 Å². The summed E-state index contributed by atoms with van der Waals surface area (Å²) in [7, 11) is 0. The Morgan fingerprint density at radius 3 is 1.50 bits per heavy atom. The number of halogens is 4. The van der Waals surface area contributed by atoms with E-state index in [1.807, 2.05) is 13.8 Å². The number of benzene rings is 2. The van der Waals surface area contributed by atoms with E-state index >= 15 is 0 Å². The average Bonchev–Trinajstić information content (AvgIpc) is 2.63. The minimum absolute atomic E-state index is 0.147. The number of hydrogen-bond donors (Lipinski definition) is 1. The summed E-state index contributed by atoms with van der Waals surface area (Å²) in [4.78, 5) is 0. The quantitative estimate of drug-likeness (QED) is 0.756. The van der Waals surface area contributed by atoms with Crippen LogP contribution in [-0.4, -0.2) is 5.11 Å². The zero-order valence-corrected chi connectivity index (χ0v) is 13.4. The first-order valence-electron chi connectivity index (χ1n) is 7.94. The molecule has 0 fully saturated rings. The van der Waals surface area contributed by atoms with Gasteiger partial charge in [-0.05, 0) is 35.1 Å². The van der Waals surface area contributed by atoms with Crippen molar-refractivity contribution in [2.45, 2.75) is 44.6 Å². The second-order valence-corrected chi connectivity index (χ2v) is 6.10. The molecule has 5 heteroatoms. The summed E-state index contributed by atoms with van der Waals surface area (Å²) in [5.74, 6) is -8.79. The van der Waals surface area contributed by atoms with Crippen molar-refractivity contribution in [3.8, 4) is 0 Å². The van der Waals surface area contributed by atoms with E-state index in [4.69, 9.17) is 0 Å². The number of aliphatic hydroxyl groups excluding tert-OH is 1. The normalized spacial score (nSPS) is 18.6. The fourth-order valence-electron chi connectivity index (χ4n) is 3.19. The van der Waals surface area contributed by atoms with Crippen LogP contribution >= 0.6 is 0 Å². The van der Waals surface area contributed by atoms with E-state index in [2.05, 4.69) is 0 Å². The Balaban J connectivity index is 2.37. The van der Waals surface area contributed by atoms with Gasteiger partial charge in [-0.3, -0.25) is 0 Å². The van der Waals surface area contributed by atoms with Gasteiger partial charge in [-0.1, -0.05) is 50.2 Å². The lowest BCUT2D eigenvalue weighted by Crippen LogP contribution is -2.35. The molecule has 0 amide bonds. The van der Waals surface area contributed by atoms with E-state index in [9.17, 15) is 22.7 Å². The first-order chi connectivity index (χ1) is 11.2. The molecule has 3 rings (SSSR count). The molecule has 0 unspecified atom stereocenters. The number of hydrogen-bond acceptors (Lipinski definition) is 1. The molecule has 0 aliphatic heterocycles. The number of alkyl halides is 4. The topological polar surface area (TPSA) is 20.2 Å². The maximum Gasteiger partial charge on any atom is 0.340 e. The molecule has 1 N–H and O–H groups in total.